The monoisotopic (exact) mass is 529 g/mol. The summed E-state index contributed by atoms with van der Waals surface area (Å²) in [5.41, 5.74) is 6.37. The summed E-state index contributed by atoms with van der Waals surface area (Å²) in [7, 11) is 1.44. The van der Waals surface area contributed by atoms with Crippen molar-refractivity contribution in [3.8, 4) is 5.75 Å². The topological polar surface area (TPSA) is 183 Å². The lowest BCUT2D eigenvalue weighted by Crippen LogP contribution is -2.07. The molecule has 0 bridgehead atoms. The van der Waals surface area contributed by atoms with Crippen LogP contribution in [-0.4, -0.2) is 38.1 Å². The van der Waals surface area contributed by atoms with E-state index in [1.165, 1.54) is 55.8 Å². The Kier molecular flexibility index (Phi) is 7.85. The fourth-order valence-electron chi connectivity index (χ4n) is 3.38. The van der Waals surface area contributed by atoms with Crippen LogP contribution in [0, 0.1) is 34.1 Å². The van der Waals surface area contributed by atoms with Gasteiger partial charge in [0.15, 0.2) is 0 Å². The molecule has 0 radical (unpaired) electrons. The molecule has 3 aromatic carbocycles. The molecule has 0 spiro atoms. The molecule has 1 aromatic heterocycles. The summed E-state index contributed by atoms with van der Waals surface area (Å²) in [5, 5.41) is 32.3. The molecule has 3 N–H and O–H groups in total. The summed E-state index contributed by atoms with van der Waals surface area (Å²) >= 11 is 0. The number of anilines is 5. The van der Waals surface area contributed by atoms with Gasteiger partial charge in [-0.15, -0.1) is 0 Å². The van der Waals surface area contributed by atoms with Gasteiger partial charge in [0.2, 0.25) is 17.8 Å². The van der Waals surface area contributed by atoms with E-state index in [4.69, 9.17) is 4.74 Å². The highest BCUT2D eigenvalue weighted by Gasteiger charge is 2.12. The molecular weight excluding hydrogens is 506 g/mol. The summed E-state index contributed by atoms with van der Waals surface area (Å²) in [5.74, 6) is 0.778. The highest BCUT2D eigenvalue weighted by Crippen LogP contribution is 2.24. The van der Waals surface area contributed by atoms with E-state index in [0.29, 0.717) is 17.0 Å². The van der Waals surface area contributed by atoms with E-state index >= 15 is 0 Å². The van der Waals surface area contributed by atoms with Gasteiger partial charge in [0.05, 0.1) is 23.2 Å². The number of benzene rings is 3. The first-order valence-corrected chi connectivity index (χ1v) is 11.4. The summed E-state index contributed by atoms with van der Waals surface area (Å²) in [6.07, 6.45) is 1.34. The maximum absolute atomic E-state index is 11.1. The summed E-state index contributed by atoms with van der Waals surface area (Å²) < 4.78 is 5.25. The van der Waals surface area contributed by atoms with E-state index in [2.05, 4.69) is 36.1 Å². The highest BCUT2D eigenvalue weighted by molar-refractivity contribution is 5.85. The number of rotatable bonds is 10. The molecule has 14 nitrogen and oxygen atoms in total. The molecule has 14 heteroatoms. The van der Waals surface area contributed by atoms with Crippen LogP contribution >= 0.6 is 0 Å². The predicted molar refractivity (Wildman–Crippen MR) is 146 cm³/mol. The Bertz CT molecular complexity index is 1560. The second-order valence-electron chi connectivity index (χ2n) is 8.21. The maximum Gasteiger partial charge on any atom is 0.270 e. The Hall–Kier alpha value is -5.66. The quantitative estimate of drug-likeness (QED) is 0.139. The van der Waals surface area contributed by atoms with Gasteiger partial charge in [0.1, 0.15) is 5.75 Å². The lowest BCUT2D eigenvalue weighted by atomic mass is 10.1. The molecule has 0 unspecified atom stereocenters. The van der Waals surface area contributed by atoms with Gasteiger partial charge in [-0.2, -0.15) is 20.1 Å². The van der Waals surface area contributed by atoms with Crippen LogP contribution in [0.1, 0.15) is 16.7 Å². The van der Waals surface area contributed by atoms with Crippen LogP contribution in [0.25, 0.3) is 0 Å². The smallest absolute Gasteiger partial charge is 0.270 e. The SMILES string of the molecule is COc1ccc([N+](=O)[O-])cc1/C=N\Nc1nc(Nc2ccc([N+](=O)[O-])cc2)nc(Nc2ccc(C)c(C)c2)n1. The Morgan fingerprint density at radius 1 is 0.769 bits per heavy atom. The molecule has 0 amide bonds. The van der Waals surface area contributed by atoms with Crippen LogP contribution < -0.4 is 20.8 Å². The Morgan fingerprint density at radius 3 is 1.97 bits per heavy atom. The lowest BCUT2D eigenvalue weighted by molar-refractivity contribution is -0.385. The summed E-state index contributed by atoms with van der Waals surface area (Å²) in [6, 6.07) is 15.7. The fourth-order valence-corrected chi connectivity index (χ4v) is 3.38. The Morgan fingerprint density at radius 2 is 1.36 bits per heavy atom. The zero-order valence-electron chi connectivity index (χ0n) is 21.1. The average Bonchev–Trinajstić information content (AvgIpc) is 2.91. The molecule has 4 rings (SSSR count). The number of nitro groups is 2. The summed E-state index contributed by atoms with van der Waals surface area (Å²) in [6.45, 7) is 3.99. The van der Waals surface area contributed by atoms with E-state index in [1.54, 1.807) is 0 Å². The number of hydrogen-bond donors (Lipinski definition) is 3. The maximum atomic E-state index is 11.1. The molecule has 0 saturated carbocycles. The van der Waals surface area contributed by atoms with Crippen molar-refractivity contribution in [2.24, 2.45) is 5.10 Å². The van der Waals surface area contributed by atoms with E-state index in [-0.39, 0.29) is 29.2 Å². The molecular formula is C25H23N9O5. The minimum Gasteiger partial charge on any atom is -0.496 e. The minimum atomic E-state index is -0.517. The van der Waals surface area contributed by atoms with Crippen LogP contribution in [-0.2, 0) is 0 Å². The third-order valence-electron chi connectivity index (χ3n) is 5.53. The molecule has 39 heavy (non-hydrogen) atoms. The van der Waals surface area contributed by atoms with Crippen LogP contribution in [0.4, 0.5) is 40.6 Å². The predicted octanol–water partition coefficient (Wildman–Crippen LogP) is 5.25. The molecule has 198 valence electrons. The second kappa shape index (κ2) is 11.6. The highest BCUT2D eigenvalue weighted by atomic mass is 16.6. The van der Waals surface area contributed by atoms with E-state index in [9.17, 15) is 20.2 Å². The molecule has 0 aliphatic carbocycles. The van der Waals surface area contributed by atoms with Gasteiger partial charge in [-0.3, -0.25) is 20.2 Å². The van der Waals surface area contributed by atoms with Crippen molar-refractivity contribution in [3.05, 3.63) is 97.6 Å². The van der Waals surface area contributed by atoms with Gasteiger partial charge < -0.3 is 15.4 Å². The van der Waals surface area contributed by atoms with E-state index < -0.39 is 9.85 Å². The first-order valence-electron chi connectivity index (χ1n) is 11.4. The normalized spacial score (nSPS) is 10.7. The molecule has 4 aromatic rings. The van der Waals surface area contributed by atoms with Crippen molar-refractivity contribution in [2.45, 2.75) is 13.8 Å². The number of ether oxygens (including phenoxy) is 1. The number of methoxy groups -OCH3 is 1. The number of nitro benzene ring substituents is 2. The number of hydrogen-bond acceptors (Lipinski definition) is 12. The van der Waals surface area contributed by atoms with Crippen LogP contribution in [0.5, 0.6) is 5.75 Å². The third-order valence-corrected chi connectivity index (χ3v) is 5.53. The number of hydrazone groups is 1. The lowest BCUT2D eigenvalue weighted by Gasteiger charge is -2.11. The van der Waals surface area contributed by atoms with Gasteiger partial charge in [-0.1, -0.05) is 6.07 Å². The van der Waals surface area contributed by atoms with Crippen molar-refractivity contribution in [1.29, 1.82) is 0 Å². The van der Waals surface area contributed by atoms with Crippen LogP contribution in [0.2, 0.25) is 0 Å². The van der Waals surface area contributed by atoms with E-state index in [1.807, 2.05) is 32.0 Å². The standard InChI is InChI=1S/C25H23N9O5/c1-15-4-5-19(12-16(15)2)28-24-29-23(27-18-6-8-20(9-7-18)33(35)36)30-25(31-24)32-26-14-17-13-21(34(37)38)10-11-22(17)39-3/h4-14H,1-3H3,(H3,27,28,29,30,31,32)/b26-14-. The molecule has 0 aliphatic rings. The number of aromatic nitrogens is 3. The van der Waals surface area contributed by atoms with Gasteiger partial charge in [0.25, 0.3) is 11.4 Å². The zero-order valence-corrected chi connectivity index (χ0v) is 21.1. The van der Waals surface area contributed by atoms with Gasteiger partial charge >= 0.3 is 0 Å². The van der Waals surface area contributed by atoms with Crippen molar-refractivity contribution in [1.82, 2.24) is 15.0 Å². The summed E-state index contributed by atoms with van der Waals surface area (Å²) in [4.78, 5) is 34.1. The largest absolute Gasteiger partial charge is 0.496 e. The molecule has 0 aliphatic heterocycles. The Labute approximate surface area is 222 Å². The van der Waals surface area contributed by atoms with Crippen LogP contribution in [0.15, 0.2) is 65.8 Å². The second-order valence-corrected chi connectivity index (χ2v) is 8.21. The van der Waals surface area contributed by atoms with E-state index in [0.717, 1.165) is 16.8 Å². The molecule has 0 atom stereocenters. The van der Waals surface area contributed by atoms with Crippen molar-refractivity contribution >= 4 is 46.8 Å². The molecule has 1 heterocycles. The minimum absolute atomic E-state index is 0.0541. The van der Waals surface area contributed by atoms with Crippen molar-refractivity contribution in [3.63, 3.8) is 0 Å². The number of nitrogens with zero attached hydrogens (tertiary/aromatic N) is 6. The first-order chi connectivity index (χ1) is 18.7. The van der Waals surface area contributed by atoms with Crippen LogP contribution in [0.3, 0.4) is 0 Å². The zero-order chi connectivity index (χ0) is 27.9. The third kappa shape index (κ3) is 6.76. The van der Waals surface area contributed by atoms with Gasteiger partial charge in [0, 0.05) is 41.2 Å². The van der Waals surface area contributed by atoms with Gasteiger partial charge in [-0.25, -0.2) is 5.43 Å². The fraction of sp³-hybridized carbons (Fsp3) is 0.120. The Balaban J connectivity index is 1.63. The van der Waals surface area contributed by atoms with Crippen molar-refractivity contribution < 1.29 is 14.6 Å². The average molecular weight is 530 g/mol. The van der Waals surface area contributed by atoms with Crippen molar-refractivity contribution in [2.75, 3.05) is 23.2 Å². The molecule has 0 saturated heterocycles. The first kappa shape index (κ1) is 26.4. The number of aryl methyl sites for hydroxylation is 2. The van der Waals surface area contributed by atoms with Gasteiger partial charge in [-0.05, 0) is 55.3 Å². The number of non-ortho nitro benzene ring substituents is 2. The molecule has 0 fully saturated rings. The number of nitrogens with one attached hydrogen (secondary N) is 3.